The number of ether oxygens (including phenoxy) is 1. The van der Waals surface area contributed by atoms with E-state index in [9.17, 15) is 4.79 Å². The molecular weight excluding hydrogens is 338 g/mol. The molecular formula is C17H23N5O2S. The van der Waals surface area contributed by atoms with Crippen LogP contribution in [0, 0.1) is 0 Å². The van der Waals surface area contributed by atoms with Crippen LogP contribution < -0.4 is 10.2 Å². The minimum Gasteiger partial charge on any atom is -0.378 e. The summed E-state index contributed by atoms with van der Waals surface area (Å²) >= 11 is 1.57. The number of hydrogen-bond donors (Lipinski definition) is 1. The lowest BCUT2D eigenvalue weighted by Crippen LogP contribution is -2.38. The Kier molecular flexibility index (Phi) is 6.30. The van der Waals surface area contributed by atoms with Crippen molar-refractivity contribution in [2.45, 2.75) is 25.0 Å². The van der Waals surface area contributed by atoms with E-state index in [4.69, 9.17) is 4.74 Å². The summed E-state index contributed by atoms with van der Waals surface area (Å²) in [6.07, 6.45) is 0.434. The van der Waals surface area contributed by atoms with Gasteiger partial charge in [-0.2, -0.15) is 0 Å². The molecule has 1 fully saturated rings. The van der Waals surface area contributed by atoms with Crippen LogP contribution in [0.4, 0.5) is 11.6 Å². The monoisotopic (exact) mass is 361 g/mol. The maximum Gasteiger partial charge on any atom is 0.228 e. The molecule has 0 aliphatic carbocycles. The molecule has 134 valence electrons. The second-order valence-corrected chi connectivity index (χ2v) is 6.70. The number of rotatable bonds is 7. The lowest BCUT2D eigenvalue weighted by molar-refractivity contribution is -0.115. The molecule has 2 aromatic rings. The third-order valence-electron chi connectivity index (χ3n) is 3.93. The maximum atomic E-state index is 12.0. The van der Waals surface area contributed by atoms with Gasteiger partial charge in [0.15, 0.2) is 5.16 Å². The highest BCUT2D eigenvalue weighted by atomic mass is 32.2. The first kappa shape index (κ1) is 17.8. The number of hydrogen-bond acceptors (Lipinski definition) is 6. The predicted octanol–water partition coefficient (Wildman–Crippen LogP) is 2.26. The zero-order chi connectivity index (χ0) is 17.5. The van der Waals surface area contributed by atoms with Gasteiger partial charge in [0.25, 0.3) is 0 Å². The summed E-state index contributed by atoms with van der Waals surface area (Å²) in [5, 5.41) is 12.4. The number of nitrogens with one attached hydrogen (secondary N) is 1. The fourth-order valence-electron chi connectivity index (χ4n) is 2.64. The van der Waals surface area contributed by atoms with Gasteiger partial charge >= 0.3 is 0 Å². The first-order chi connectivity index (χ1) is 12.3. The van der Waals surface area contributed by atoms with E-state index in [-0.39, 0.29) is 5.91 Å². The highest BCUT2D eigenvalue weighted by Gasteiger charge is 2.19. The van der Waals surface area contributed by atoms with E-state index in [1.54, 1.807) is 11.8 Å². The first-order valence-electron chi connectivity index (χ1n) is 8.51. The molecule has 1 aliphatic heterocycles. The third kappa shape index (κ3) is 4.73. The van der Waals surface area contributed by atoms with Gasteiger partial charge in [-0.1, -0.05) is 30.0 Å². The fourth-order valence-corrected chi connectivity index (χ4v) is 3.58. The van der Waals surface area contributed by atoms with Crippen LogP contribution in [0.25, 0.3) is 0 Å². The second kappa shape index (κ2) is 8.87. The Morgan fingerprint density at radius 2 is 2.00 bits per heavy atom. The number of para-hydroxylation sites is 1. The van der Waals surface area contributed by atoms with Gasteiger partial charge in [0.1, 0.15) is 0 Å². The summed E-state index contributed by atoms with van der Waals surface area (Å²) < 4.78 is 7.50. The second-order valence-electron chi connectivity index (χ2n) is 5.64. The van der Waals surface area contributed by atoms with Gasteiger partial charge in [-0.05, 0) is 19.1 Å². The van der Waals surface area contributed by atoms with E-state index in [2.05, 4.69) is 31.9 Å². The predicted molar refractivity (Wildman–Crippen MR) is 99.1 cm³/mol. The van der Waals surface area contributed by atoms with Crippen LogP contribution in [-0.4, -0.2) is 52.7 Å². The molecule has 2 heterocycles. The molecule has 0 radical (unpaired) electrons. The molecule has 1 aromatic carbocycles. The summed E-state index contributed by atoms with van der Waals surface area (Å²) in [5.41, 5.74) is 0.823. The van der Waals surface area contributed by atoms with E-state index in [0.29, 0.717) is 12.2 Å². The summed E-state index contributed by atoms with van der Waals surface area (Å²) in [7, 11) is 0. The Morgan fingerprint density at radius 1 is 1.24 bits per heavy atom. The SMILES string of the molecule is CCn1c(SCCC(=O)Nc2ccccc2)nnc1N1CCOCC1. The Balaban J connectivity index is 1.52. The van der Waals surface area contributed by atoms with Gasteiger partial charge in [-0.15, -0.1) is 10.2 Å². The number of nitrogens with zero attached hydrogens (tertiary/aromatic N) is 4. The number of benzene rings is 1. The molecule has 0 spiro atoms. The molecule has 25 heavy (non-hydrogen) atoms. The number of thioether (sulfide) groups is 1. The quantitative estimate of drug-likeness (QED) is 0.763. The molecule has 1 amide bonds. The first-order valence-corrected chi connectivity index (χ1v) is 9.50. The average molecular weight is 361 g/mol. The highest BCUT2D eigenvalue weighted by Crippen LogP contribution is 2.23. The minimum atomic E-state index is 0.00895. The summed E-state index contributed by atoms with van der Waals surface area (Å²) in [5.74, 6) is 1.57. The van der Waals surface area contributed by atoms with E-state index < -0.39 is 0 Å². The molecule has 1 aliphatic rings. The van der Waals surface area contributed by atoms with Crippen LogP contribution in [0.5, 0.6) is 0 Å². The zero-order valence-corrected chi connectivity index (χ0v) is 15.2. The molecule has 0 unspecified atom stereocenters. The number of morpholine rings is 1. The van der Waals surface area contributed by atoms with Crippen molar-refractivity contribution in [2.75, 3.05) is 42.3 Å². The third-order valence-corrected chi connectivity index (χ3v) is 4.89. The van der Waals surface area contributed by atoms with Crippen LogP contribution >= 0.6 is 11.8 Å². The van der Waals surface area contributed by atoms with E-state index in [1.807, 2.05) is 30.3 Å². The summed E-state index contributed by atoms with van der Waals surface area (Å²) in [6.45, 7) is 6.00. The number of carbonyl (C=O) groups is 1. The molecule has 8 heteroatoms. The number of aromatic nitrogens is 3. The van der Waals surface area contributed by atoms with Crippen molar-refractivity contribution in [3.63, 3.8) is 0 Å². The van der Waals surface area contributed by atoms with Gasteiger partial charge in [0.05, 0.1) is 13.2 Å². The standard InChI is InChI=1S/C17H23N5O2S/c1-2-22-16(21-9-11-24-12-10-21)19-20-17(22)25-13-8-15(23)18-14-6-4-3-5-7-14/h3-7H,2,8-13H2,1H3,(H,18,23). The van der Waals surface area contributed by atoms with Gasteiger partial charge in [-0.25, -0.2) is 0 Å². The van der Waals surface area contributed by atoms with Crippen molar-refractivity contribution in [1.29, 1.82) is 0 Å². The van der Waals surface area contributed by atoms with Crippen LogP contribution in [0.15, 0.2) is 35.5 Å². The van der Waals surface area contributed by atoms with Crippen molar-refractivity contribution in [2.24, 2.45) is 0 Å². The van der Waals surface area contributed by atoms with E-state index >= 15 is 0 Å². The van der Waals surface area contributed by atoms with Gasteiger partial charge in [0.2, 0.25) is 11.9 Å². The van der Waals surface area contributed by atoms with E-state index in [1.165, 1.54) is 0 Å². The van der Waals surface area contributed by atoms with Gasteiger partial charge in [-0.3, -0.25) is 9.36 Å². The van der Waals surface area contributed by atoms with Gasteiger partial charge < -0.3 is 15.0 Å². The fraction of sp³-hybridized carbons (Fsp3) is 0.471. The largest absolute Gasteiger partial charge is 0.378 e. The molecule has 0 bridgehead atoms. The van der Waals surface area contributed by atoms with Crippen LogP contribution in [0.2, 0.25) is 0 Å². The molecule has 1 aromatic heterocycles. The van der Waals surface area contributed by atoms with Crippen molar-refractivity contribution in [3.05, 3.63) is 30.3 Å². The average Bonchev–Trinajstić information content (AvgIpc) is 3.06. The molecule has 3 rings (SSSR count). The Bertz CT molecular complexity index is 686. The van der Waals surface area contributed by atoms with E-state index in [0.717, 1.165) is 49.6 Å². The zero-order valence-electron chi connectivity index (χ0n) is 14.4. The van der Waals surface area contributed by atoms with Crippen molar-refractivity contribution < 1.29 is 9.53 Å². The molecule has 1 saturated heterocycles. The van der Waals surface area contributed by atoms with Crippen LogP contribution in [0.1, 0.15) is 13.3 Å². The smallest absolute Gasteiger partial charge is 0.228 e. The molecule has 0 saturated carbocycles. The minimum absolute atomic E-state index is 0.00895. The molecule has 0 atom stereocenters. The lowest BCUT2D eigenvalue weighted by Gasteiger charge is -2.27. The van der Waals surface area contributed by atoms with Crippen LogP contribution in [0.3, 0.4) is 0 Å². The number of carbonyl (C=O) groups excluding carboxylic acids is 1. The Labute approximate surface area is 151 Å². The molecule has 1 N–H and O–H groups in total. The van der Waals surface area contributed by atoms with Crippen LogP contribution in [-0.2, 0) is 16.1 Å². The lowest BCUT2D eigenvalue weighted by atomic mass is 10.3. The summed E-state index contributed by atoms with van der Waals surface area (Å²) in [6, 6.07) is 9.50. The maximum absolute atomic E-state index is 12.0. The number of anilines is 2. The highest BCUT2D eigenvalue weighted by molar-refractivity contribution is 7.99. The topological polar surface area (TPSA) is 72.3 Å². The van der Waals surface area contributed by atoms with Crippen molar-refractivity contribution in [1.82, 2.24) is 14.8 Å². The Hall–Kier alpha value is -2.06. The van der Waals surface area contributed by atoms with Crippen molar-refractivity contribution >= 4 is 29.3 Å². The number of amides is 1. The molecule has 7 nitrogen and oxygen atoms in total. The Morgan fingerprint density at radius 3 is 2.72 bits per heavy atom. The summed E-state index contributed by atoms with van der Waals surface area (Å²) in [4.78, 5) is 14.2. The van der Waals surface area contributed by atoms with Crippen molar-refractivity contribution in [3.8, 4) is 0 Å². The normalized spacial score (nSPS) is 14.5. The van der Waals surface area contributed by atoms with Gasteiger partial charge in [0, 0.05) is 37.5 Å².